The van der Waals surface area contributed by atoms with Crippen LogP contribution in [0.1, 0.15) is 26.2 Å². The van der Waals surface area contributed by atoms with Gasteiger partial charge in [-0.3, -0.25) is 0 Å². The third-order valence-corrected chi connectivity index (χ3v) is 3.50. The second-order valence-corrected chi connectivity index (χ2v) is 4.23. The van der Waals surface area contributed by atoms with Gasteiger partial charge < -0.3 is 5.73 Å². The van der Waals surface area contributed by atoms with Gasteiger partial charge in [0.1, 0.15) is 0 Å². The third-order valence-electron chi connectivity index (χ3n) is 3.50. The van der Waals surface area contributed by atoms with E-state index in [1.54, 1.807) is 0 Å². The van der Waals surface area contributed by atoms with Gasteiger partial charge in [-0.15, -0.1) is 0 Å². The van der Waals surface area contributed by atoms with Gasteiger partial charge in [-0.1, -0.05) is 6.92 Å². The Balaban J connectivity index is 1.93. The second kappa shape index (κ2) is 2.23. The van der Waals surface area contributed by atoms with Crippen LogP contribution in [0, 0.1) is 23.7 Å². The van der Waals surface area contributed by atoms with Crippen LogP contribution in [0.15, 0.2) is 0 Å². The molecule has 2 aliphatic rings. The predicted octanol–water partition coefficient (Wildman–Crippen LogP) is 1.63. The summed E-state index contributed by atoms with van der Waals surface area (Å²) in [5.41, 5.74) is 5.64. The molecule has 0 aromatic rings. The van der Waals surface area contributed by atoms with Gasteiger partial charge >= 0.3 is 0 Å². The van der Waals surface area contributed by atoms with Crippen molar-refractivity contribution in [2.45, 2.75) is 26.2 Å². The van der Waals surface area contributed by atoms with Crippen LogP contribution in [0.4, 0.5) is 0 Å². The molecule has 1 heteroatoms. The van der Waals surface area contributed by atoms with Gasteiger partial charge in [0.25, 0.3) is 0 Å². The van der Waals surface area contributed by atoms with E-state index in [1.165, 1.54) is 19.3 Å². The maximum Gasteiger partial charge on any atom is -0.00460 e. The number of fused-ring (bicyclic) bond motifs is 1. The van der Waals surface area contributed by atoms with E-state index in [4.69, 9.17) is 5.73 Å². The van der Waals surface area contributed by atoms with Crippen molar-refractivity contribution < 1.29 is 0 Å². The summed E-state index contributed by atoms with van der Waals surface area (Å²) in [6.07, 6.45) is 4.39. The lowest BCUT2D eigenvalue weighted by Gasteiger charge is -2.39. The molecule has 4 unspecified atom stereocenters. The molecular weight excluding hydrogens is 122 g/mol. The molecule has 0 aromatic heterocycles. The van der Waals surface area contributed by atoms with Crippen LogP contribution in [0.3, 0.4) is 0 Å². The number of hydrogen-bond donors (Lipinski definition) is 1. The molecular formula is C9H17N. The molecule has 0 bridgehead atoms. The summed E-state index contributed by atoms with van der Waals surface area (Å²) < 4.78 is 0. The summed E-state index contributed by atoms with van der Waals surface area (Å²) in [7, 11) is 0. The van der Waals surface area contributed by atoms with E-state index >= 15 is 0 Å². The van der Waals surface area contributed by atoms with Gasteiger partial charge in [0.2, 0.25) is 0 Å². The Morgan fingerprint density at radius 2 is 2.10 bits per heavy atom. The van der Waals surface area contributed by atoms with Crippen LogP contribution in [0.25, 0.3) is 0 Å². The van der Waals surface area contributed by atoms with Crippen molar-refractivity contribution in [2.75, 3.05) is 6.54 Å². The fourth-order valence-corrected chi connectivity index (χ4v) is 2.93. The van der Waals surface area contributed by atoms with Crippen LogP contribution >= 0.6 is 0 Å². The topological polar surface area (TPSA) is 26.0 Å². The average Bonchev–Trinajstić information content (AvgIpc) is 2.15. The van der Waals surface area contributed by atoms with Crippen LogP contribution in [0.2, 0.25) is 0 Å². The molecule has 1 nitrogen and oxygen atoms in total. The highest BCUT2D eigenvalue weighted by Crippen LogP contribution is 2.52. The standard InChI is InChI=1S/C9H17N/c1-6-2-7-4-8(5-10)9(7)3-6/h6-9H,2-5,10H2,1H3. The SMILES string of the molecule is CC1CC2CC(CN)C2C1. The van der Waals surface area contributed by atoms with E-state index in [1.807, 2.05) is 0 Å². The Hall–Kier alpha value is -0.0400. The molecule has 4 atom stereocenters. The Morgan fingerprint density at radius 1 is 1.30 bits per heavy atom. The molecule has 58 valence electrons. The van der Waals surface area contributed by atoms with Crippen LogP contribution in [-0.2, 0) is 0 Å². The maximum atomic E-state index is 5.64. The van der Waals surface area contributed by atoms with Gasteiger partial charge in [0.15, 0.2) is 0 Å². The summed E-state index contributed by atoms with van der Waals surface area (Å²) in [4.78, 5) is 0. The lowest BCUT2D eigenvalue weighted by atomic mass is 9.67. The van der Waals surface area contributed by atoms with Crippen molar-refractivity contribution in [3.63, 3.8) is 0 Å². The van der Waals surface area contributed by atoms with E-state index in [-0.39, 0.29) is 0 Å². The minimum atomic E-state index is 0.898. The molecule has 0 heterocycles. The zero-order valence-electron chi connectivity index (χ0n) is 6.72. The fraction of sp³-hybridized carbons (Fsp3) is 1.00. The zero-order valence-corrected chi connectivity index (χ0v) is 6.72. The summed E-state index contributed by atoms with van der Waals surface area (Å²) in [6, 6.07) is 0. The van der Waals surface area contributed by atoms with Crippen molar-refractivity contribution in [1.82, 2.24) is 0 Å². The highest BCUT2D eigenvalue weighted by molar-refractivity contribution is 4.95. The quantitative estimate of drug-likeness (QED) is 0.587. The van der Waals surface area contributed by atoms with Gasteiger partial charge in [-0.25, -0.2) is 0 Å². The molecule has 0 amide bonds. The first-order chi connectivity index (χ1) is 4.81. The van der Waals surface area contributed by atoms with Gasteiger partial charge in [-0.05, 0) is 49.5 Å². The van der Waals surface area contributed by atoms with Crippen molar-refractivity contribution in [1.29, 1.82) is 0 Å². The average molecular weight is 139 g/mol. The first kappa shape index (κ1) is 6.66. The Labute approximate surface area is 63.0 Å². The van der Waals surface area contributed by atoms with E-state index in [2.05, 4.69) is 6.92 Å². The monoisotopic (exact) mass is 139 g/mol. The molecule has 2 fully saturated rings. The molecule has 0 radical (unpaired) electrons. The highest BCUT2D eigenvalue weighted by atomic mass is 14.6. The summed E-state index contributed by atoms with van der Waals surface area (Å²) in [5, 5.41) is 0. The van der Waals surface area contributed by atoms with E-state index in [9.17, 15) is 0 Å². The Morgan fingerprint density at radius 3 is 2.70 bits per heavy atom. The lowest BCUT2D eigenvalue weighted by molar-refractivity contribution is 0.111. The van der Waals surface area contributed by atoms with Crippen molar-refractivity contribution >= 4 is 0 Å². The Kier molecular flexibility index (Phi) is 1.48. The maximum absolute atomic E-state index is 5.64. The van der Waals surface area contributed by atoms with Crippen molar-refractivity contribution in [3.05, 3.63) is 0 Å². The first-order valence-corrected chi connectivity index (χ1v) is 4.51. The molecule has 0 aliphatic heterocycles. The first-order valence-electron chi connectivity index (χ1n) is 4.51. The summed E-state index contributed by atoms with van der Waals surface area (Å²) in [5.74, 6) is 3.99. The van der Waals surface area contributed by atoms with Gasteiger partial charge in [0, 0.05) is 0 Å². The normalized spacial score (nSPS) is 52.2. The second-order valence-electron chi connectivity index (χ2n) is 4.23. The molecule has 10 heavy (non-hydrogen) atoms. The molecule has 2 saturated carbocycles. The number of hydrogen-bond acceptors (Lipinski definition) is 1. The summed E-state index contributed by atoms with van der Waals surface area (Å²) in [6.45, 7) is 3.32. The van der Waals surface area contributed by atoms with Gasteiger partial charge in [0.05, 0.1) is 0 Å². The largest absolute Gasteiger partial charge is 0.330 e. The highest BCUT2D eigenvalue weighted by Gasteiger charge is 2.45. The van der Waals surface area contributed by atoms with Crippen LogP contribution in [0.5, 0.6) is 0 Å². The minimum Gasteiger partial charge on any atom is -0.330 e. The van der Waals surface area contributed by atoms with Crippen LogP contribution < -0.4 is 5.73 Å². The van der Waals surface area contributed by atoms with Crippen LogP contribution in [-0.4, -0.2) is 6.54 Å². The van der Waals surface area contributed by atoms with E-state index in [0.717, 1.165) is 30.2 Å². The fourth-order valence-electron chi connectivity index (χ4n) is 2.93. The lowest BCUT2D eigenvalue weighted by Crippen LogP contribution is -2.37. The predicted molar refractivity (Wildman–Crippen MR) is 42.5 cm³/mol. The van der Waals surface area contributed by atoms with Crippen molar-refractivity contribution in [2.24, 2.45) is 29.4 Å². The smallest absolute Gasteiger partial charge is 0.00460 e. The molecule has 0 aromatic carbocycles. The Bertz CT molecular complexity index is 129. The number of nitrogens with two attached hydrogens (primary N) is 1. The van der Waals surface area contributed by atoms with E-state index in [0.29, 0.717) is 0 Å². The molecule has 0 spiro atoms. The zero-order chi connectivity index (χ0) is 7.14. The van der Waals surface area contributed by atoms with Gasteiger partial charge in [-0.2, -0.15) is 0 Å². The number of rotatable bonds is 1. The molecule has 2 rings (SSSR count). The summed E-state index contributed by atoms with van der Waals surface area (Å²) >= 11 is 0. The minimum absolute atomic E-state index is 0.898. The molecule has 2 aliphatic carbocycles. The molecule has 0 saturated heterocycles. The van der Waals surface area contributed by atoms with E-state index < -0.39 is 0 Å². The third kappa shape index (κ3) is 0.800. The van der Waals surface area contributed by atoms with Crippen molar-refractivity contribution in [3.8, 4) is 0 Å². The molecule has 2 N–H and O–H groups in total.